The average Bonchev–Trinajstić information content (AvgIpc) is 3.18. The summed E-state index contributed by atoms with van der Waals surface area (Å²) in [6, 6.07) is 7.57. The third-order valence-electron chi connectivity index (χ3n) is 7.45. The van der Waals surface area contributed by atoms with Crippen LogP contribution in [-0.4, -0.2) is 99.1 Å². The van der Waals surface area contributed by atoms with Gasteiger partial charge in [-0.2, -0.15) is 5.10 Å². The molecule has 0 radical (unpaired) electrons. The van der Waals surface area contributed by atoms with E-state index in [-0.39, 0.29) is 24.6 Å². The van der Waals surface area contributed by atoms with E-state index < -0.39 is 0 Å². The number of benzene rings is 1. The Labute approximate surface area is 233 Å². The summed E-state index contributed by atoms with van der Waals surface area (Å²) in [6.07, 6.45) is 9.65. The van der Waals surface area contributed by atoms with Gasteiger partial charge in [-0.15, -0.1) is 0 Å². The Morgan fingerprint density at radius 2 is 2.08 bits per heavy atom. The molecule has 1 amide bonds. The highest BCUT2D eigenvalue weighted by Crippen LogP contribution is 2.28. The molecule has 2 aliphatic rings. The molecule has 1 aliphatic carbocycles. The fourth-order valence-corrected chi connectivity index (χ4v) is 5.35. The van der Waals surface area contributed by atoms with Crippen LogP contribution in [0, 0.1) is 0 Å². The van der Waals surface area contributed by atoms with Crippen molar-refractivity contribution in [3.8, 4) is 11.3 Å². The van der Waals surface area contributed by atoms with E-state index in [1.54, 1.807) is 7.11 Å². The lowest BCUT2D eigenvalue weighted by atomic mass is 9.97. The number of β-amino-alcohol motifs (C(OH)–C–C–N with tert-alkyl or cyclic N) is 1. The number of aromatic nitrogens is 4. The molecule has 40 heavy (non-hydrogen) atoms. The lowest BCUT2D eigenvalue weighted by molar-refractivity contribution is -0.117. The molecule has 3 heterocycles. The quantitative estimate of drug-likeness (QED) is 0.347. The maximum absolute atomic E-state index is 12.4. The van der Waals surface area contributed by atoms with Gasteiger partial charge in [0.2, 0.25) is 5.91 Å². The molecule has 0 saturated carbocycles. The molecular formula is C29H36N8O3. The molecule has 1 fully saturated rings. The van der Waals surface area contributed by atoms with Gasteiger partial charge in [-0.3, -0.25) is 19.3 Å². The fraction of sp³-hybridized carbons (Fsp3) is 0.379. The predicted molar refractivity (Wildman–Crippen MR) is 154 cm³/mol. The third-order valence-corrected chi connectivity index (χ3v) is 7.45. The van der Waals surface area contributed by atoms with Crippen LogP contribution in [0.3, 0.4) is 0 Å². The number of aliphatic hydroxyl groups excluding tert-OH is 1. The van der Waals surface area contributed by atoms with Crippen LogP contribution in [0.1, 0.15) is 6.42 Å². The molecule has 2 atom stereocenters. The second kappa shape index (κ2) is 12.4. The van der Waals surface area contributed by atoms with Crippen molar-refractivity contribution in [1.29, 1.82) is 0 Å². The van der Waals surface area contributed by atoms with Crippen molar-refractivity contribution in [2.24, 2.45) is 7.05 Å². The van der Waals surface area contributed by atoms with E-state index in [1.807, 2.05) is 42.2 Å². The van der Waals surface area contributed by atoms with Crippen LogP contribution >= 0.6 is 0 Å². The molecule has 5 rings (SSSR count). The number of nitrogens with one attached hydrogen (secondary N) is 2. The predicted octanol–water partition coefficient (Wildman–Crippen LogP) is 1.91. The molecule has 11 heteroatoms. The summed E-state index contributed by atoms with van der Waals surface area (Å²) in [5.74, 6) is 1.03. The van der Waals surface area contributed by atoms with Gasteiger partial charge in [0.05, 0.1) is 48.9 Å². The van der Waals surface area contributed by atoms with E-state index in [9.17, 15) is 9.90 Å². The molecule has 1 saturated heterocycles. The number of carbonyl (C=O) groups excluding carboxylic acids is 1. The number of aliphatic hydroxyl groups is 1. The van der Waals surface area contributed by atoms with Crippen LogP contribution in [0.25, 0.3) is 22.2 Å². The highest BCUT2D eigenvalue weighted by atomic mass is 16.5. The van der Waals surface area contributed by atoms with Gasteiger partial charge in [-0.1, -0.05) is 18.7 Å². The fourth-order valence-electron chi connectivity index (χ4n) is 5.35. The number of nitrogens with zero attached hydrogens (tertiary/aromatic N) is 6. The van der Waals surface area contributed by atoms with E-state index in [0.29, 0.717) is 23.8 Å². The summed E-state index contributed by atoms with van der Waals surface area (Å²) >= 11 is 0. The number of fused-ring (bicyclic) bond motifs is 1. The number of rotatable bonds is 9. The summed E-state index contributed by atoms with van der Waals surface area (Å²) in [5, 5.41) is 21.2. The van der Waals surface area contributed by atoms with Gasteiger partial charge in [0.25, 0.3) is 0 Å². The van der Waals surface area contributed by atoms with E-state index >= 15 is 0 Å². The number of amides is 1. The molecule has 3 aromatic rings. The molecule has 1 aromatic carbocycles. The maximum atomic E-state index is 12.4. The van der Waals surface area contributed by atoms with Gasteiger partial charge in [0.15, 0.2) is 0 Å². The molecule has 3 N–H and O–H groups in total. The van der Waals surface area contributed by atoms with Gasteiger partial charge in [0.1, 0.15) is 17.9 Å². The Kier molecular flexibility index (Phi) is 8.54. The van der Waals surface area contributed by atoms with Crippen LogP contribution in [0.5, 0.6) is 0 Å². The highest BCUT2D eigenvalue weighted by molar-refractivity contribution is 5.87. The standard InChI is InChI=1S/C29H36N8O3/c1-4-29(39)34-23-15-24(27(40-3)17-26(23)37-9-5-8-36(10-11-37)12-13-38)33-28-16-22(30-19-31-28)20-6-7-21-18-32-35(2)25(21)14-20/h4,6-7,14-19,23,26,38H,1,5,8-13H2,2-3H3,(H,34,39)(H,30,31,33). The molecule has 0 spiro atoms. The normalized spacial score (nSPS) is 20.4. The van der Waals surface area contributed by atoms with Crippen molar-refractivity contribution in [2.75, 3.05) is 51.8 Å². The smallest absolute Gasteiger partial charge is 0.243 e. The van der Waals surface area contributed by atoms with Gasteiger partial charge in [-0.05, 0) is 37.3 Å². The first-order valence-electron chi connectivity index (χ1n) is 13.5. The summed E-state index contributed by atoms with van der Waals surface area (Å²) in [7, 11) is 3.56. The first-order valence-corrected chi connectivity index (χ1v) is 13.5. The summed E-state index contributed by atoms with van der Waals surface area (Å²) in [6.45, 7) is 7.90. The van der Waals surface area contributed by atoms with Crippen LogP contribution < -0.4 is 10.6 Å². The average molecular weight is 545 g/mol. The van der Waals surface area contributed by atoms with Crippen molar-refractivity contribution in [3.05, 3.63) is 73.1 Å². The van der Waals surface area contributed by atoms with Gasteiger partial charge >= 0.3 is 0 Å². The minimum Gasteiger partial charge on any atom is -0.495 e. The Morgan fingerprint density at radius 1 is 1.20 bits per heavy atom. The number of aryl methyl sites for hydroxylation is 1. The second-order valence-electron chi connectivity index (χ2n) is 9.95. The zero-order chi connectivity index (χ0) is 28.1. The molecule has 11 nitrogen and oxygen atoms in total. The van der Waals surface area contributed by atoms with Crippen molar-refractivity contribution in [3.63, 3.8) is 0 Å². The Morgan fingerprint density at radius 3 is 2.88 bits per heavy atom. The van der Waals surface area contributed by atoms with Crippen LogP contribution in [0.2, 0.25) is 0 Å². The molecule has 1 aliphatic heterocycles. The van der Waals surface area contributed by atoms with Crippen molar-refractivity contribution >= 4 is 22.6 Å². The number of methoxy groups -OCH3 is 1. The molecule has 210 valence electrons. The molecule has 2 unspecified atom stereocenters. The number of hydrogen-bond donors (Lipinski definition) is 3. The van der Waals surface area contributed by atoms with E-state index in [0.717, 1.165) is 54.8 Å². The maximum Gasteiger partial charge on any atom is 0.243 e. The van der Waals surface area contributed by atoms with Crippen LogP contribution in [0.4, 0.5) is 5.82 Å². The summed E-state index contributed by atoms with van der Waals surface area (Å²) in [5.41, 5.74) is 3.45. The first-order chi connectivity index (χ1) is 19.5. The topological polar surface area (TPSA) is 121 Å². The van der Waals surface area contributed by atoms with E-state index in [2.05, 4.69) is 54.2 Å². The number of anilines is 1. The third kappa shape index (κ3) is 6.06. The van der Waals surface area contributed by atoms with Crippen molar-refractivity contribution in [1.82, 2.24) is 34.9 Å². The monoisotopic (exact) mass is 544 g/mol. The summed E-state index contributed by atoms with van der Waals surface area (Å²) in [4.78, 5) is 26.0. The minimum atomic E-state index is -0.315. The van der Waals surface area contributed by atoms with Gasteiger partial charge < -0.3 is 20.5 Å². The summed E-state index contributed by atoms with van der Waals surface area (Å²) < 4.78 is 7.65. The molecule has 0 bridgehead atoms. The Hall–Kier alpha value is -4.06. The minimum absolute atomic E-state index is 0.106. The second-order valence-corrected chi connectivity index (χ2v) is 9.95. The Bertz CT molecular complexity index is 1430. The number of hydrogen-bond acceptors (Lipinski definition) is 9. The van der Waals surface area contributed by atoms with Crippen LogP contribution in [0.15, 0.2) is 73.1 Å². The number of ether oxygens (including phenoxy) is 1. The molecule has 2 aromatic heterocycles. The lowest BCUT2D eigenvalue weighted by Crippen LogP contribution is -2.52. The van der Waals surface area contributed by atoms with Crippen molar-refractivity contribution < 1.29 is 14.6 Å². The highest BCUT2D eigenvalue weighted by Gasteiger charge is 2.32. The van der Waals surface area contributed by atoms with Gasteiger partial charge in [0, 0.05) is 50.2 Å². The van der Waals surface area contributed by atoms with E-state index in [1.165, 1.54) is 12.4 Å². The van der Waals surface area contributed by atoms with Crippen LogP contribution in [-0.2, 0) is 16.6 Å². The largest absolute Gasteiger partial charge is 0.495 e. The molecular weight excluding hydrogens is 508 g/mol. The Balaban J connectivity index is 1.40. The number of carbonyl (C=O) groups is 1. The van der Waals surface area contributed by atoms with E-state index in [4.69, 9.17) is 4.74 Å². The first kappa shape index (κ1) is 27.5. The van der Waals surface area contributed by atoms with Crippen molar-refractivity contribution in [2.45, 2.75) is 18.5 Å². The zero-order valence-corrected chi connectivity index (χ0v) is 23.0. The zero-order valence-electron chi connectivity index (χ0n) is 23.0. The lowest BCUT2D eigenvalue weighted by Gasteiger charge is -2.37. The SMILES string of the molecule is C=CC(=O)NC1C=C(Nc2cc(-c3ccc4cnn(C)c4c3)ncn2)C(OC)=CC1N1CCCN(CCO)CC1. The van der Waals surface area contributed by atoms with Gasteiger partial charge in [-0.25, -0.2) is 9.97 Å².